The number of carbonyl (C=O) groups is 1. The fourth-order valence-corrected chi connectivity index (χ4v) is 3.28. The van der Waals surface area contributed by atoms with Gasteiger partial charge in [-0.3, -0.25) is 4.79 Å². The molecule has 1 aliphatic heterocycles. The molecule has 3 aromatic heterocycles. The van der Waals surface area contributed by atoms with Crippen molar-refractivity contribution >= 4 is 17.4 Å². The molecule has 0 unspecified atom stereocenters. The molecule has 4 rings (SSSR count). The lowest BCUT2D eigenvalue weighted by atomic mass is 10.2. The molecule has 1 atom stereocenters. The van der Waals surface area contributed by atoms with Crippen LogP contribution in [0.15, 0.2) is 48.9 Å². The minimum atomic E-state index is 0.0450. The molecule has 1 fully saturated rings. The number of nitrogens with one attached hydrogen (secondary N) is 2. The number of aromatic nitrogens is 3. The topological polar surface area (TPSA) is 74.6 Å². The number of likely N-dealkylation sites (N-methyl/N-ethyl adjacent to an activating group) is 1. The van der Waals surface area contributed by atoms with Crippen LogP contribution in [0.1, 0.15) is 22.5 Å². The van der Waals surface area contributed by atoms with Gasteiger partial charge in [-0.15, -0.1) is 0 Å². The number of imidazole rings is 1. The minimum absolute atomic E-state index is 0.0450. The average molecular weight is 350 g/mol. The molecule has 26 heavy (non-hydrogen) atoms. The van der Waals surface area contributed by atoms with Crippen molar-refractivity contribution < 1.29 is 4.79 Å². The molecule has 134 valence electrons. The van der Waals surface area contributed by atoms with Crippen molar-refractivity contribution in [2.24, 2.45) is 0 Å². The highest BCUT2D eigenvalue weighted by Gasteiger charge is 2.25. The zero-order chi connectivity index (χ0) is 17.9. The maximum atomic E-state index is 12.5. The minimum Gasteiger partial charge on any atom is -0.364 e. The Morgan fingerprint density at radius 1 is 1.23 bits per heavy atom. The zero-order valence-electron chi connectivity index (χ0n) is 14.7. The van der Waals surface area contributed by atoms with Gasteiger partial charge in [0.05, 0.1) is 24.0 Å². The van der Waals surface area contributed by atoms with Gasteiger partial charge in [0.25, 0.3) is 5.91 Å². The van der Waals surface area contributed by atoms with Crippen molar-refractivity contribution in [1.29, 1.82) is 0 Å². The molecule has 0 saturated carbocycles. The number of anilines is 1. The molecule has 2 N–H and O–H groups in total. The predicted molar refractivity (Wildman–Crippen MR) is 100 cm³/mol. The lowest BCUT2D eigenvalue weighted by Gasteiger charge is -2.16. The second kappa shape index (κ2) is 7.13. The number of amides is 1. The van der Waals surface area contributed by atoms with Crippen LogP contribution in [-0.2, 0) is 6.54 Å². The summed E-state index contributed by atoms with van der Waals surface area (Å²) in [5.41, 5.74) is 2.60. The van der Waals surface area contributed by atoms with Gasteiger partial charge in [-0.2, -0.15) is 0 Å². The molecule has 1 aliphatic rings. The van der Waals surface area contributed by atoms with Crippen LogP contribution in [0.25, 0.3) is 5.65 Å². The van der Waals surface area contributed by atoms with Crippen molar-refractivity contribution in [3.8, 4) is 0 Å². The fourth-order valence-electron chi connectivity index (χ4n) is 3.28. The van der Waals surface area contributed by atoms with Crippen LogP contribution in [0.2, 0.25) is 0 Å². The normalized spacial score (nSPS) is 17.0. The number of fused-ring (bicyclic) bond motifs is 1. The second-order valence-electron chi connectivity index (χ2n) is 6.49. The maximum Gasteiger partial charge on any atom is 0.255 e. The first kappa shape index (κ1) is 16.5. The number of hydrogen-bond acceptors (Lipinski definition) is 5. The van der Waals surface area contributed by atoms with Gasteiger partial charge in [0.2, 0.25) is 0 Å². The zero-order valence-corrected chi connectivity index (χ0v) is 14.7. The first-order valence-electron chi connectivity index (χ1n) is 8.82. The first-order chi connectivity index (χ1) is 12.7. The SMILES string of the molecule is CN[C@H]1CCN(C(=O)c2ccc(NCc3cnc4ccccn34)nc2)C1. The smallest absolute Gasteiger partial charge is 0.255 e. The lowest BCUT2D eigenvalue weighted by Crippen LogP contribution is -2.33. The molecule has 4 heterocycles. The molecule has 7 heteroatoms. The summed E-state index contributed by atoms with van der Waals surface area (Å²) < 4.78 is 2.04. The number of likely N-dealkylation sites (tertiary alicyclic amines) is 1. The molecule has 1 saturated heterocycles. The third-order valence-electron chi connectivity index (χ3n) is 4.84. The summed E-state index contributed by atoms with van der Waals surface area (Å²) in [6.07, 6.45) is 6.48. The van der Waals surface area contributed by atoms with E-state index in [9.17, 15) is 4.79 Å². The fraction of sp³-hybridized carbons (Fsp3) is 0.316. The molecule has 1 amide bonds. The lowest BCUT2D eigenvalue weighted by molar-refractivity contribution is 0.0789. The van der Waals surface area contributed by atoms with Gasteiger partial charge in [0.15, 0.2) is 0 Å². The van der Waals surface area contributed by atoms with Crippen LogP contribution >= 0.6 is 0 Å². The van der Waals surface area contributed by atoms with Crippen LogP contribution in [0.4, 0.5) is 5.82 Å². The van der Waals surface area contributed by atoms with E-state index in [-0.39, 0.29) is 5.91 Å². The predicted octanol–water partition coefficient (Wildman–Crippen LogP) is 1.78. The Balaban J connectivity index is 1.39. The van der Waals surface area contributed by atoms with Crippen molar-refractivity contribution in [1.82, 2.24) is 24.6 Å². The van der Waals surface area contributed by atoms with E-state index in [0.717, 1.165) is 36.7 Å². The first-order valence-corrected chi connectivity index (χ1v) is 8.82. The Labute approximate surface area is 152 Å². The maximum absolute atomic E-state index is 12.5. The van der Waals surface area contributed by atoms with Gasteiger partial charge < -0.3 is 19.9 Å². The molecular weight excluding hydrogens is 328 g/mol. The van der Waals surface area contributed by atoms with Crippen LogP contribution in [0.3, 0.4) is 0 Å². The summed E-state index contributed by atoms with van der Waals surface area (Å²) in [5.74, 6) is 0.783. The van der Waals surface area contributed by atoms with Crippen LogP contribution in [0, 0.1) is 0 Å². The van der Waals surface area contributed by atoms with Gasteiger partial charge in [0.1, 0.15) is 11.5 Å². The Hall–Kier alpha value is -2.93. The van der Waals surface area contributed by atoms with E-state index in [4.69, 9.17) is 0 Å². The van der Waals surface area contributed by atoms with Crippen molar-refractivity contribution in [3.63, 3.8) is 0 Å². The van der Waals surface area contributed by atoms with E-state index in [2.05, 4.69) is 20.6 Å². The summed E-state index contributed by atoms with van der Waals surface area (Å²) >= 11 is 0. The highest BCUT2D eigenvalue weighted by atomic mass is 16.2. The number of hydrogen-bond donors (Lipinski definition) is 2. The average Bonchev–Trinajstić information content (AvgIpc) is 3.33. The van der Waals surface area contributed by atoms with Crippen molar-refractivity contribution in [2.45, 2.75) is 19.0 Å². The molecule has 0 aliphatic carbocycles. The van der Waals surface area contributed by atoms with Gasteiger partial charge >= 0.3 is 0 Å². The Morgan fingerprint density at radius 2 is 2.15 bits per heavy atom. The van der Waals surface area contributed by atoms with Crippen molar-refractivity contribution in [2.75, 3.05) is 25.5 Å². The van der Waals surface area contributed by atoms with Gasteiger partial charge in [-0.1, -0.05) is 6.07 Å². The van der Waals surface area contributed by atoms with E-state index >= 15 is 0 Å². The number of rotatable bonds is 5. The molecule has 0 aromatic carbocycles. The summed E-state index contributed by atoms with van der Waals surface area (Å²) in [5, 5.41) is 6.51. The van der Waals surface area contributed by atoms with Crippen molar-refractivity contribution in [3.05, 3.63) is 60.2 Å². The van der Waals surface area contributed by atoms with Crippen LogP contribution in [0.5, 0.6) is 0 Å². The molecular formula is C19H22N6O. The van der Waals surface area contributed by atoms with Gasteiger partial charge in [-0.05, 0) is 37.7 Å². The van der Waals surface area contributed by atoms with E-state index in [1.807, 2.05) is 59.1 Å². The number of nitrogens with zero attached hydrogens (tertiary/aromatic N) is 4. The molecule has 7 nitrogen and oxygen atoms in total. The van der Waals surface area contributed by atoms with E-state index in [1.54, 1.807) is 6.20 Å². The van der Waals surface area contributed by atoms with Gasteiger partial charge in [0, 0.05) is 31.5 Å². The number of pyridine rings is 2. The monoisotopic (exact) mass is 350 g/mol. The second-order valence-corrected chi connectivity index (χ2v) is 6.49. The highest BCUT2D eigenvalue weighted by molar-refractivity contribution is 5.94. The van der Waals surface area contributed by atoms with Crippen LogP contribution in [-0.4, -0.2) is 51.4 Å². The number of carbonyl (C=O) groups excluding carboxylic acids is 1. The summed E-state index contributed by atoms with van der Waals surface area (Å²) in [7, 11) is 1.93. The third kappa shape index (κ3) is 3.25. The molecule has 0 bridgehead atoms. The molecule has 3 aromatic rings. The van der Waals surface area contributed by atoms with Crippen LogP contribution < -0.4 is 10.6 Å². The Bertz CT molecular complexity index is 904. The summed E-state index contributed by atoms with van der Waals surface area (Å²) in [6, 6.07) is 9.99. The molecule has 0 spiro atoms. The van der Waals surface area contributed by atoms with E-state index < -0.39 is 0 Å². The largest absolute Gasteiger partial charge is 0.364 e. The summed E-state index contributed by atoms with van der Waals surface area (Å²) in [6.45, 7) is 2.16. The molecule has 0 radical (unpaired) electrons. The van der Waals surface area contributed by atoms with E-state index in [0.29, 0.717) is 18.2 Å². The standard InChI is InChI=1S/C19H22N6O/c1-20-15-7-9-24(13-15)19(26)14-5-6-17(21-10-14)22-11-16-12-23-18-4-2-3-8-25(16)18/h2-6,8,10,12,15,20H,7,9,11,13H2,1H3,(H,21,22)/t15-/m0/s1. The Morgan fingerprint density at radius 3 is 2.92 bits per heavy atom. The quantitative estimate of drug-likeness (QED) is 0.734. The van der Waals surface area contributed by atoms with Gasteiger partial charge in [-0.25, -0.2) is 9.97 Å². The van der Waals surface area contributed by atoms with E-state index in [1.165, 1.54) is 0 Å². The third-order valence-corrected chi connectivity index (χ3v) is 4.84. The Kier molecular flexibility index (Phi) is 4.53. The summed E-state index contributed by atoms with van der Waals surface area (Å²) in [4.78, 5) is 23.2. The highest BCUT2D eigenvalue weighted by Crippen LogP contribution is 2.15.